The van der Waals surface area contributed by atoms with Crippen LogP contribution in [-0.2, 0) is 4.74 Å². The standard InChI is InChI=1S/C12H23NO/c1-14-12-9-5-4-8-11(12)13-10-6-2-3-7-10/h10-13H,2-9H2,1H3/p+1/t11-,12+/m1/s1. The number of quaternary nitrogens is 1. The van der Waals surface area contributed by atoms with Gasteiger partial charge in [-0.2, -0.15) is 0 Å². The van der Waals surface area contributed by atoms with E-state index >= 15 is 0 Å². The van der Waals surface area contributed by atoms with Crippen molar-refractivity contribution in [2.75, 3.05) is 7.11 Å². The van der Waals surface area contributed by atoms with Crippen molar-refractivity contribution < 1.29 is 10.1 Å². The molecule has 0 aliphatic heterocycles. The van der Waals surface area contributed by atoms with Crippen molar-refractivity contribution in [1.29, 1.82) is 0 Å². The molecule has 2 N–H and O–H groups in total. The molecule has 0 radical (unpaired) electrons. The third-order valence-electron chi connectivity index (χ3n) is 3.98. The first-order chi connectivity index (χ1) is 6.90. The molecular formula is C12H24NO+. The molecule has 0 unspecified atom stereocenters. The van der Waals surface area contributed by atoms with Crippen molar-refractivity contribution >= 4 is 0 Å². The van der Waals surface area contributed by atoms with Gasteiger partial charge in [0.1, 0.15) is 12.1 Å². The van der Waals surface area contributed by atoms with Gasteiger partial charge < -0.3 is 10.1 Å². The van der Waals surface area contributed by atoms with E-state index in [1.807, 2.05) is 7.11 Å². The lowest BCUT2D eigenvalue weighted by molar-refractivity contribution is -0.728. The smallest absolute Gasteiger partial charge is 0.113 e. The number of rotatable bonds is 3. The largest absolute Gasteiger partial charge is 0.375 e. The molecule has 14 heavy (non-hydrogen) atoms. The second-order valence-electron chi connectivity index (χ2n) is 4.96. The van der Waals surface area contributed by atoms with Crippen LogP contribution in [0.2, 0.25) is 0 Å². The van der Waals surface area contributed by atoms with E-state index in [1.165, 1.54) is 51.4 Å². The van der Waals surface area contributed by atoms with E-state index in [2.05, 4.69) is 5.32 Å². The van der Waals surface area contributed by atoms with E-state index in [0.29, 0.717) is 6.10 Å². The predicted molar refractivity (Wildman–Crippen MR) is 57.2 cm³/mol. The summed E-state index contributed by atoms with van der Waals surface area (Å²) in [7, 11) is 1.88. The Labute approximate surface area is 87.4 Å². The fourth-order valence-corrected chi connectivity index (χ4v) is 3.14. The van der Waals surface area contributed by atoms with E-state index in [4.69, 9.17) is 4.74 Å². The Morgan fingerprint density at radius 1 is 0.929 bits per heavy atom. The molecule has 0 saturated heterocycles. The minimum Gasteiger partial charge on any atom is -0.375 e. The first-order valence-corrected chi connectivity index (χ1v) is 6.28. The van der Waals surface area contributed by atoms with Crippen molar-refractivity contribution in [1.82, 2.24) is 0 Å². The van der Waals surface area contributed by atoms with Crippen molar-refractivity contribution in [2.24, 2.45) is 0 Å². The van der Waals surface area contributed by atoms with Gasteiger partial charge in [-0.25, -0.2) is 0 Å². The van der Waals surface area contributed by atoms with E-state index in [9.17, 15) is 0 Å². The average molecular weight is 198 g/mol. The maximum atomic E-state index is 5.58. The minimum absolute atomic E-state index is 0.532. The maximum Gasteiger partial charge on any atom is 0.113 e. The molecule has 0 bridgehead atoms. The Hall–Kier alpha value is -0.0800. The first-order valence-electron chi connectivity index (χ1n) is 6.28. The van der Waals surface area contributed by atoms with Crippen LogP contribution < -0.4 is 5.32 Å². The molecule has 0 aromatic heterocycles. The summed E-state index contributed by atoms with van der Waals surface area (Å²) >= 11 is 0. The molecule has 2 aliphatic carbocycles. The van der Waals surface area contributed by atoms with Gasteiger partial charge >= 0.3 is 0 Å². The number of ether oxygens (including phenoxy) is 1. The topological polar surface area (TPSA) is 25.8 Å². The third kappa shape index (κ3) is 2.48. The van der Waals surface area contributed by atoms with E-state index in [-0.39, 0.29) is 0 Å². The second-order valence-corrected chi connectivity index (χ2v) is 4.96. The molecule has 2 fully saturated rings. The Kier molecular flexibility index (Phi) is 3.82. The van der Waals surface area contributed by atoms with E-state index in [0.717, 1.165) is 12.1 Å². The molecule has 0 spiro atoms. The summed E-state index contributed by atoms with van der Waals surface area (Å²) in [5.74, 6) is 0. The van der Waals surface area contributed by atoms with Gasteiger partial charge in [0.2, 0.25) is 0 Å². The van der Waals surface area contributed by atoms with Crippen LogP contribution in [0.5, 0.6) is 0 Å². The van der Waals surface area contributed by atoms with Gasteiger partial charge in [0.15, 0.2) is 0 Å². The van der Waals surface area contributed by atoms with Gasteiger partial charge in [0, 0.05) is 13.5 Å². The van der Waals surface area contributed by atoms with Crippen LogP contribution in [0.15, 0.2) is 0 Å². The van der Waals surface area contributed by atoms with Crippen LogP contribution >= 0.6 is 0 Å². The van der Waals surface area contributed by atoms with Gasteiger partial charge in [-0.15, -0.1) is 0 Å². The number of methoxy groups -OCH3 is 1. The number of hydrogen-bond acceptors (Lipinski definition) is 1. The third-order valence-corrected chi connectivity index (χ3v) is 3.98. The molecule has 0 heterocycles. The lowest BCUT2D eigenvalue weighted by atomic mass is 9.91. The minimum atomic E-state index is 0.532. The fraction of sp³-hybridized carbons (Fsp3) is 1.00. The van der Waals surface area contributed by atoms with Gasteiger partial charge in [-0.3, -0.25) is 0 Å². The highest BCUT2D eigenvalue weighted by atomic mass is 16.5. The molecule has 2 nitrogen and oxygen atoms in total. The van der Waals surface area contributed by atoms with Crippen molar-refractivity contribution in [3.63, 3.8) is 0 Å². The van der Waals surface area contributed by atoms with Gasteiger partial charge in [-0.05, 0) is 38.5 Å². The van der Waals surface area contributed by atoms with E-state index in [1.54, 1.807) is 0 Å². The van der Waals surface area contributed by atoms with Crippen molar-refractivity contribution in [2.45, 2.75) is 69.6 Å². The zero-order valence-electron chi connectivity index (χ0n) is 9.37. The molecule has 82 valence electrons. The fourth-order valence-electron chi connectivity index (χ4n) is 3.14. The molecule has 2 aliphatic rings. The highest BCUT2D eigenvalue weighted by molar-refractivity contribution is 4.75. The summed E-state index contributed by atoms with van der Waals surface area (Å²) in [5, 5.41) is 2.63. The Balaban J connectivity index is 1.81. The van der Waals surface area contributed by atoms with Gasteiger partial charge in [-0.1, -0.05) is 6.42 Å². The molecule has 0 aromatic carbocycles. The van der Waals surface area contributed by atoms with Crippen molar-refractivity contribution in [3.05, 3.63) is 0 Å². The highest BCUT2D eigenvalue weighted by Gasteiger charge is 2.31. The Morgan fingerprint density at radius 2 is 1.57 bits per heavy atom. The summed E-state index contributed by atoms with van der Waals surface area (Å²) in [6, 6.07) is 1.67. The van der Waals surface area contributed by atoms with Crippen LogP contribution in [0.3, 0.4) is 0 Å². The SMILES string of the molecule is CO[C@H]1CCCC[C@H]1[NH2+]C1CCCC1. The predicted octanol–water partition coefficient (Wildman–Crippen LogP) is 1.45. The zero-order chi connectivity index (χ0) is 9.80. The van der Waals surface area contributed by atoms with Crippen LogP contribution in [0.25, 0.3) is 0 Å². The van der Waals surface area contributed by atoms with Gasteiger partial charge in [0.05, 0.1) is 6.04 Å². The number of nitrogens with two attached hydrogens (primary N) is 1. The quantitative estimate of drug-likeness (QED) is 0.730. The van der Waals surface area contributed by atoms with Crippen LogP contribution in [0.1, 0.15) is 51.4 Å². The average Bonchev–Trinajstić information content (AvgIpc) is 2.71. The molecule has 0 amide bonds. The van der Waals surface area contributed by atoms with Crippen LogP contribution in [0.4, 0.5) is 0 Å². The number of hydrogen-bond donors (Lipinski definition) is 1. The molecule has 2 saturated carbocycles. The first kappa shape index (κ1) is 10.4. The Bertz CT molecular complexity index is 166. The maximum absolute atomic E-state index is 5.58. The summed E-state index contributed by atoms with van der Waals surface area (Å²) in [4.78, 5) is 0. The molecule has 0 aromatic rings. The lowest BCUT2D eigenvalue weighted by Crippen LogP contribution is -2.97. The summed E-state index contributed by atoms with van der Waals surface area (Å²) in [5.41, 5.74) is 0. The molecule has 2 rings (SSSR count). The van der Waals surface area contributed by atoms with Gasteiger partial charge in [0.25, 0.3) is 0 Å². The second kappa shape index (κ2) is 5.13. The van der Waals surface area contributed by atoms with Crippen LogP contribution in [0, 0.1) is 0 Å². The molecular weight excluding hydrogens is 174 g/mol. The molecule has 2 atom stereocenters. The highest BCUT2D eigenvalue weighted by Crippen LogP contribution is 2.20. The summed E-state index contributed by atoms with van der Waals surface area (Å²) < 4.78 is 5.58. The zero-order valence-corrected chi connectivity index (χ0v) is 9.37. The lowest BCUT2D eigenvalue weighted by Gasteiger charge is -2.30. The summed E-state index contributed by atoms with van der Waals surface area (Å²) in [6.45, 7) is 0. The normalized spacial score (nSPS) is 34.9. The monoisotopic (exact) mass is 198 g/mol. The van der Waals surface area contributed by atoms with E-state index < -0.39 is 0 Å². The van der Waals surface area contributed by atoms with Crippen LogP contribution in [-0.4, -0.2) is 25.3 Å². The Morgan fingerprint density at radius 3 is 2.29 bits per heavy atom. The summed E-state index contributed by atoms with van der Waals surface area (Å²) in [6.07, 6.45) is 11.7. The molecule has 2 heteroatoms. The van der Waals surface area contributed by atoms with Crippen molar-refractivity contribution in [3.8, 4) is 0 Å².